The van der Waals surface area contributed by atoms with Crippen LogP contribution < -0.4 is 14.8 Å². The summed E-state index contributed by atoms with van der Waals surface area (Å²) in [7, 11) is 0. The van der Waals surface area contributed by atoms with Gasteiger partial charge in [0.25, 0.3) is 0 Å². The Hall–Kier alpha value is -4.81. The minimum absolute atomic E-state index is 0.113. The van der Waals surface area contributed by atoms with Gasteiger partial charge in [0.05, 0.1) is 17.9 Å². The van der Waals surface area contributed by atoms with Gasteiger partial charge in [-0.15, -0.1) is 0 Å². The SMILES string of the molecule is CC(C)(C)CCOc1ccc(Nc2cccc3c2C(=O)c2cccc(Sc4ccc(OCc5ccc(C(C)(C)C)cc5)cc4)c2C3=O)cc1. The van der Waals surface area contributed by atoms with Crippen LogP contribution in [0.5, 0.6) is 11.5 Å². The van der Waals surface area contributed by atoms with Gasteiger partial charge >= 0.3 is 0 Å². The largest absolute Gasteiger partial charge is 0.494 e. The van der Waals surface area contributed by atoms with E-state index in [4.69, 9.17) is 9.47 Å². The number of hydrogen-bond donors (Lipinski definition) is 1. The van der Waals surface area contributed by atoms with Gasteiger partial charge in [0.15, 0.2) is 11.6 Å². The van der Waals surface area contributed by atoms with Crippen LogP contribution in [-0.2, 0) is 12.0 Å². The third-order valence-electron chi connectivity index (χ3n) is 8.57. The molecule has 0 aromatic heterocycles. The quantitative estimate of drug-likeness (QED) is 0.157. The molecule has 0 heterocycles. The molecule has 0 radical (unpaired) electrons. The number of carbonyl (C=O) groups is 2. The van der Waals surface area contributed by atoms with Crippen molar-refractivity contribution in [3.05, 3.63) is 143 Å². The van der Waals surface area contributed by atoms with Crippen molar-refractivity contribution < 1.29 is 19.1 Å². The van der Waals surface area contributed by atoms with Gasteiger partial charge in [-0.25, -0.2) is 0 Å². The highest BCUT2D eigenvalue weighted by Gasteiger charge is 2.33. The molecule has 0 atom stereocenters. The Labute approximate surface area is 294 Å². The molecule has 6 rings (SSSR count). The topological polar surface area (TPSA) is 64.6 Å². The second kappa shape index (κ2) is 14.0. The molecule has 5 aromatic rings. The first-order valence-electron chi connectivity index (χ1n) is 16.7. The van der Waals surface area contributed by atoms with Gasteiger partial charge < -0.3 is 14.8 Å². The average Bonchev–Trinajstić information content (AvgIpc) is 3.07. The Balaban J connectivity index is 1.14. The number of nitrogens with one attached hydrogen (secondary N) is 1. The Morgan fingerprint density at radius 3 is 1.88 bits per heavy atom. The smallest absolute Gasteiger partial charge is 0.196 e. The van der Waals surface area contributed by atoms with Crippen LogP contribution in [0.1, 0.15) is 90.9 Å². The lowest BCUT2D eigenvalue weighted by atomic mass is 9.83. The normalized spacial score (nSPS) is 12.7. The van der Waals surface area contributed by atoms with E-state index in [-0.39, 0.29) is 22.4 Å². The molecule has 49 heavy (non-hydrogen) atoms. The molecule has 0 spiro atoms. The molecule has 250 valence electrons. The van der Waals surface area contributed by atoms with Crippen molar-refractivity contribution >= 4 is 34.7 Å². The molecule has 0 bridgehead atoms. The molecule has 1 N–H and O–H groups in total. The first-order chi connectivity index (χ1) is 23.4. The lowest BCUT2D eigenvalue weighted by Gasteiger charge is -2.22. The fraction of sp³-hybridized carbons (Fsp3) is 0.256. The maximum Gasteiger partial charge on any atom is 0.196 e. The second-order valence-electron chi connectivity index (χ2n) is 14.7. The van der Waals surface area contributed by atoms with Crippen LogP contribution in [0.25, 0.3) is 0 Å². The molecule has 0 saturated carbocycles. The van der Waals surface area contributed by atoms with E-state index in [0.717, 1.165) is 39.0 Å². The third kappa shape index (κ3) is 8.09. The molecule has 0 aliphatic heterocycles. The fourth-order valence-electron chi connectivity index (χ4n) is 5.66. The molecule has 1 aliphatic carbocycles. The summed E-state index contributed by atoms with van der Waals surface area (Å²) in [5, 5.41) is 3.36. The van der Waals surface area contributed by atoms with Crippen LogP contribution in [0.2, 0.25) is 0 Å². The molecular formula is C43H43NO4S. The van der Waals surface area contributed by atoms with E-state index >= 15 is 0 Å². The summed E-state index contributed by atoms with van der Waals surface area (Å²) in [4.78, 5) is 29.7. The molecule has 1 aliphatic rings. The molecule has 0 unspecified atom stereocenters. The fourth-order valence-corrected chi connectivity index (χ4v) is 6.64. The van der Waals surface area contributed by atoms with E-state index in [1.54, 1.807) is 12.1 Å². The highest BCUT2D eigenvalue weighted by Crippen LogP contribution is 2.40. The lowest BCUT2D eigenvalue weighted by Crippen LogP contribution is -2.23. The van der Waals surface area contributed by atoms with Crippen LogP contribution in [0.4, 0.5) is 11.4 Å². The van der Waals surface area contributed by atoms with Crippen LogP contribution in [0.3, 0.4) is 0 Å². The van der Waals surface area contributed by atoms with E-state index in [2.05, 4.69) is 71.1 Å². The zero-order valence-corrected chi connectivity index (χ0v) is 29.9. The van der Waals surface area contributed by atoms with Crippen molar-refractivity contribution in [3.8, 4) is 11.5 Å². The number of benzene rings is 5. The van der Waals surface area contributed by atoms with Crippen LogP contribution >= 0.6 is 11.8 Å². The van der Waals surface area contributed by atoms with Crippen LogP contribution in [-0.4, -0.2) is 18.2 Å². The number of rotatable bonds is 10. The van der Waals surface area contributed by atoms with Crippen molar-refractivity contribution in [2.45, 2.75) is 69.8 Å². The van der Waals surface area contributed by atoms with Crippen molar-refractivity contribution in [1.29, 1.82) is 0 Å². The number of hydrogen-bond acceptors (Lipinski definition) is 6. The number of carbonyl (C=O) groups excluding carboxylic acids is 2. The Morgan fingerprint density at radius 2 is 1.22 bits per heavy atom. The summed E-state index contributed by atoms with van der Waals surface area (Å²) in [5.41, 5.74) is 5.77. The molecule has 0 saturated heterocycles. The first kappa shape index (κ1) is 34.1. The molecule has 5 aromatic carbocycles. The van der Waals surface area contributed by atoms with Crippen LogP contribution in [0, 0.1) is 5.41 Å². The second-order valence-corrected chi connectivity index (χ2v) is 15.8. The first-order valence-corrected chi connectivity index (χ1v) is 17.5. The molecule has 0 amide bonds. The minimum atomic E-state index is -0.170. The van der Waals surface area contributed by atoms with Crippen molar-refractivity contribution in [1.82, 2.24) is 0 Å². The zero-order chi connectivity index (χ0) is 34.8. The number of anilines is 2. The molecule has 5 nitrogen and oxygen atoms in total. The molecular weight excluding hydrogens is 627 g/mol. The van der Waals surface area contributed by atoms with E-state index in [1.165, 1.54) is 17.3 Å². The van der Waals surface area contributed by atoms with E-state index in [0.29, 0.717) is 41.2 Å². The Bertz CT molecular complexity index is 1970. The summed E-state index contributed by atoms with van der Waals surface area (Å²) in [6.07, 6.45) is 0.955. The van der Waals surface area contributed by atoms with Gasteiger partial charge in [-0.2, -0.15) is 0 Å². The van der Waals surface area contributed by atoms with E-state index in [1.807, 2.05) is 72.8 Å². The summed E-state index contributed by atoms with van der Waals surface area (Å²) in [5.74, 6) is 1.23. The Morgan fingerprint density at radius 1 is 0.633 bits per heavy atom. The standard InChI is InChI=1S/C43H43NO4S/c1-42(2,3)25-26-47-31-19-17-30(18-20-31)44-36-11-7-9-34-38(36)40(45)35-10-8-12-37(39(35)41(34)46)49-33-23-21-32(22-24-33)48-27-28-13-15-29(16-14-28)43(4,5)6/h7-24,44H,25-27H2,1-6H3. The predicted molar refractivity (Wildman–Crippen MR) is 199 cm³/mol. The average molecular weight is 670 g/mol. The van der Waals surface area contributed by atoms with Gasteiger partial charge in [0.2, 0.25) is 0 Å². The highest BCUT2D eigenvalue weighted by atomic mass is 32.2. The van der Waals surface area contributed by atoms with E-state index < -0.39 is 0 Å². The minimum Gasteiger partial charge on any atom is -0.494 e. The maximum absolute atomic E-state index is 14.0. The monoisotopic (exact) mass is 669 g/mol. The number of ether oxygens (including phenoxy) is 2. The summed E-state index contributed by atoms with van der Waals surface area (Å²) < 4.78 is 12.0. The lowest BCUT2D eigenvalue weighted by molar-refractivity contribution is 0.0977. The Kier molecular flexibility index (Phi) is 9.71. The molecule has 0 fully saturated rings. The van der Waals surface area contributed by atoms with Crippen molar-refractivity contribution in [3.63, 3.8) is 0 Å². The molecule has 6 heteroatoms. The highest BCUT2D eigenvalue weighted by molar-refractivity contribution is 7.99. The number of fused-ring (bicyclic) bond motifs is 2. The van der Waals surface area contributed by atoms with Gasteiger partial charge in [0.1, 0.15) is 18.1 Å². The van der Waals surface area contributed by atoms with Gasteiger partial charge in [-0.3, -0.25) is 9.59 Å². The summed E-state index contributed by atoms with van der Waals surface area (Å²) in [6, 6.07) is 34.9. The van der Waals surface area contributed by atoms with Crippen molar-refractivity contribution in [2.75, 3.05) is 11.9 Å². The van der Waals surface area contributed by atoms with Crippen molar-refractivity contribution in [2.24, 2.45) is 5.41 Å². The van der Waals surface area contributed by atoms with Gasteiger partial charge in [-0.05, 0) is 89.0 Å². The summed E-state index contributed by atoms with van der Waals surface area (Å²) in [6.45, 7) is 14.3. The zero-order valence-electron chi connectivity index (χ0n) is 29.1. The van der Waals surface area contributed by atoms with Gasteiger partial charge in [0, 0.05) is 32.2 Å². The van der Waals surface area contributed by atoms with Crippen LogP contribution in [0.15, 0.2) is 119 Å². The van der Waals surface area contributed by atoms with E-state index in [9.17, 15) is 9.59 Å². The third-order valence-corrected chi connectivity index (χ3v) is 9.63. The number of ketones is 2. The van der Waals surface area contributed by atoms with Gasteiger partial charge in [-0.1, -0.05) is 102 Å². The summed E-state index contributed by atoms with van der Waals surface area (Å²) >= 11 is 1.47. The maximum atomic E-state index is 14.0. The predicted octanol–water partition coefficient (Wildman–Crippen LogP) is 11.0.